The summed E-state index contributed by atoms with van der Waals surface area (Å²) in [7, 11) is 1.68. The highest BCUT2D eigenvalue weighted by Gasteiger charge is 2.26. The molecule has 0 saturated carbocycles. The van der Waals surface area contributed by atoms with Gasteiger partial charge in [0.25, 0.3) is 5.91 Å². The molecule has 1 aromatic carbocycles. The lowest BCUT2D eigenvalue weighted by molar-refractivity contribution is -0.134. The number of carbonyl (C=O) groups is 1. The van der Waals surface area contributed by atoms with Gasteiger partial charge < -0.3 is 4.57 Å². The number of anilines is 1. The van der Waals surface area contributed by atoms with Crippen LogP contribution in [0.1, 0.15) is 22.3 Å². The largest absolute Gasteiger partial charge is 0.389 e. The molecule has 0 bridgehead atoms. The summed E-state index contributed by atoms with van der Waals surface area (Å²) >= 11 is 0. The van der Waals surface area contributed by atoms with E-state index in [1.807, 2.05) is 0 Å². The molecule has 2 rings (SSSR count). The van der Waals surface area contributed by atoms with Crippen molar-refractivity contribution in [3.05, 3.63) is 41.7 Å². The van der Waals surface area contributed by atoms with Crippen LogP contribution in [0, 0.1) is 0 Å². The van der Waals surface area contributed by atoms with Crippen molar-refractivity contribution in [3.8, 4) is 0 Å². The lowest BCUT2D eigenvalue weighted by Crippen LogP contribution is -2.15. The molecule has 2 aromatic rings. The molecular weight excluding hydrogens is 285 g/mol. The molecule has 21 heavy (non-hydrogen) atoms. The fraction of sp³-hybridized carbons (Fsp3) is 0.308. The summed E-state index contributed by atoms with van der Waals surface area (Å²) in [5, 5.41) is 9.89. The number of rotatable bonds is 4. The second kappa shape index (κ2) is 5.94. The number of nitrogens with zero attached hydrogens (tertiary/aromatic N) is 3. The normalized spacial score (nSPS) is 11.4. The van der Waals surface area contributed by atoms with E-state index in [-0.39, 0.29) is 6.42 Å². The fourth-order valence-corrected chi connectivity index (χ4v) is 1.68. The number of carbonyl (C=O) groups excluding carboxylic acids is 1. The number of hydrogen-bond donors (Lipinski definition) is 1. The smallest absolute Gasteiger partial charge is 0.303 e. The number of aryl methyl sites for hydroxylation is 2. The number of halogens is 3. The van der Waals surface area contributed by atoms with E-state index < -0.39 is 18.5 Å². The van der Waals surface area contributed by atoms with Crippen LogP contribution in [0.5, 0.6) is 0 Å². The summed E-state index contributed by atoms with van der Waals surface area (Å²) in [4.78, 5) is 11.9. The highest BCUT2D eigenvalue weighted by Crippen LogP contribution is 2.22. The minimum Gasteiger partial charge on any atom is -0.303 e. The topological polar surface area (TPSA) is 59.8 Å². The highest BCUT2D eigenvalue weighted by atomic mass is 19.4. The van der Waals surface area contributed by atoms with Crippen molar-refractivity contribution in [2.75, 3.05) is 5.32 Å². The lowest BCUT2D eigenvalue weighted by Gasteiger charge is -2.07. The summed E-state index contributed by atoms with van der Waals surface area (Å²) in [5.41, 5.74) is 0.872. The summed E-state index contributed by atoms with van der Waals surface area (Å²) in [6.45, 7) is 0. The molecule has 1 heterocycles. The van der Waals surface area contributed by atoms with Gasteiger partial charge in [-0.05, 0) is 24.1 Å². The van der Waals surface area contributed by atoms with Crippen molar-refractivity contribution in [2.24, 2.45) is 7.05 Å². The Kier molecular flexibility index (Phi) is 4.25. The third-order valence-corrected chi connectivity index (χ3v) is 2.85. The predicted molar refractivity (Wildman–Crippen MR) is 69.8 cm³/mol. The molecule has 0 aliphatic carbocycles. The van der Waals surface area contributed by atoms with Crippen LogP contribution in [-0.4, -0.2) is 26.8 Å². The van der Waals surface area contributed by atoms with Gasteiger partial charge in [-0.2, -0.15) is 13.2 Å². The molecule has 0 aliphatic heterocycles. The van der Waals surface area contributed by atoms with Crippen molar-refractivity contribution < 1.29 is 18.0 Å². The molecule has 0 fully saturated rings. The third-order valence-electron chi connectivity index (χ3n) is 2.85. The molecule has 1 aromatic heterocycles. The van der Waals surface area contributed by atoms with Crippen molar-refractivity contribution in [1.82, 2.24) is 14.8 Å². The van der Waals surface area contributed by atoms with E-state index in [0.29, 0.717) is 17.1 Å². The van der Waals surface area contributed by atoms with E-state index in [2.05, 4.69) is 15.5 Å². The van der Waals surface area contributed by atoms with Crippen LogP contribution in [0.3, 0.4) is 0 Å². The van der Waals surface area contributed by atoms with Gasteiger partial charge in [-0.15, -0.1) is 10.2 Å². The van der Waals surface area contributed by atoms with Crippen molar-refractivity contribution >= 4 is 11.9 Å². The third kappa shape index (κ3) is 4.30. The highest BCUT2D eigenvalue weighted by molar-refractivity contribution is 6.03. The van der Waals surface area contributed by atoms with Gasteiger partial charge in [0.15, 0.2) is 0 Å². The molecule has 0 unspecified atom stereocenters. The minimum atomic E-state index is -4.18. The van der Waals surface area contributed by atoms with E-state index in [0.717, 1.165) is 0 Å². The van der Waals surface area contributed by atoms with Crippen LogP contribution in [0.25, 0.3) is 0 Å². The van der Waals surface area contributed by atoms with E-state index in [1.54, 1.807) is 7.05 Å². The summed E-state index contributed by atoms with van der Waals surface area (Å²) in [6.07, 6.45) is -3.72. The minimum absolute atomic E-state index is 0.102. The number of nitrogens with one attached hydrogen (secondary N) is 1. The maximum Gasteiger partial charge on any atom is 0.389 e. The molecule has 1 amide bonds. The van der Waals surface area contributed by atoms with Gasteiger partial charge in [-0.1, -0.05) is 12.1 Å². The number of benzene rings is 1. The van der Waals surface area contributed by atoms with E-state index in [1.165, 1.54) is 35.2 Å². The zero-order chi connectivity index (χ0) is 15.5. The number of alkyl halides is 3. The van der Waals surface area contributed by atoms with Crippen LogP contribution in [0.15, 0.2) is 30.6 Å². The van der Waals surface area contributed by atoms with Gasteiger partial charge in [0.2, 0.25) is 5.95 Å². The number of aromatic nitrogens is 3. The van der Waals surface area contributed by atoms with Gasteiger partial charge in [-0.25, -0.2) is 0 Å². The van der Waals surface area contributed by atoms with E-state index in [4.69, 9.17) is 0 Å². The summed E-state index contributed by atoms with van der Waals surface area (Å²) < 4.78 is 37.9. The van der Waals surface area contributed by atoms with Crippen LogP contribution < -0.4 is 5.32 Å². The van der Waals surface area contributed by atoms with Gasteiger partial charge in [0.05, 0.1) is 0 Å². The standard InChI is InChI=1S/C13H13F3N4O/c1-20-8-17-19-12(20)18-11(21)10-4-2-9(3-5-10)6-7-13(14,15)16/h2-5,8H,6-7H2,1H3,(H,18,19,21). The monoisotopic (exact) mass is 298 g/mol. The van der Waals surface area contributed by atoms with Gasteiger partial charge >= 0.3 is 6.18 Å². The Morgan fingerprint density at radius 1 is 1.29 bits per heavy atom. The van der Waals surface area contributed by atoms with Crippen molar-refractivity contribution in [2.45, 2.75) is 19.0 Å². The first-order valence-corrected chi connectivity index (χ1v) is 6.16. The molecule has 8 heteroatoms. The first-order valence-electron chi connectivity index (χ1n) is 6.16. The Bertz CT molecular complexity index is 619. The molecule has 0 spiro atoms. The van der Waals surface area contributed by atoms with Crippen LogP contribution in [0.4, 0.5) is 19.1 Å². The Labute approximate surface area is 118 Å². The predicted octanol–water partition coefficient (Wildman–Crippen LogP) is 2.56. The average molecular weight is 298 g/mol. The zero-order valence-electron chi connectivity index (χ0n) is 11.2. The molecular formula is C13H13F3N4O. The van der Waals surface area contributed by atoms with Crippen LogP contribution >= 0.6 is 0 Å². The fourth-order valence-electron chi connectivity index (χ4n) is 1.68. The second-order valence-corrected chi connectivity index (χ2v) is 4.53. The lowest BCUT2D eigenvalue weighted by atomic mass is 10.1. The van der Waals surface area contributed by atoms with Crippen LogP contribution in [0.2, 0.25) is 0 Å². The Hall–Kier alpha value is -2.38. The van der Waals surface area contributed by atoms with E-state index in [9.17, 15) is 18.0 Å². The number of hydrogen-bond acceptors (Lipinski definition) is 3. The summed E-state index contributed by atoms with van der Waals surface area (Å²) in [5.74, 6) is -0.102. The maximum absolute atomic E-state index is 12.1. The van der Waals surface area contributed by atoms with Crippen molar-refractivity contribution in [3.63, 3.8) is 0 Å². The van der Waals surface area contributed by atoms with Crippen molar-refractivity contribution in [1.29, 1.82) is 0 Å². The quantitative estimate of drug-likeness (QED) is 0.943. The average Bonchev–Trinajstić information content (AvgIpc) is 2.82. The van der Waals surface area contributed by atoms with Crippen LogP contribution in [-0.2, 0) is 13.5 Å². The van der Waals surface area contributed by atoms with Gasteiger partial charge in [-0.3, -0.25) is 10.1 Å². The Morgan fingerprint density at radius 2 is 1.95 bits per heavy atom. The SMILES string of the molecule is Cn1cnnc1NC(=O)c1ccc(CCC(F)(F)F)cc1. The molecule has 0 radical (unpaired) electrons. The van der Waals surface area contributed by atoms with E-state index >= 15 is 0 Å². The molecule has 0 aliphatic rings. The Morgan fingerprint density at radius 3 is 2.48 bits per heavy atom. The zero-order valence-corrected chi connectivity index (χ0v) is 11.2. The molecule has 5 nitrogen and oxygen atoms in total. The first kappa shape index (κ1) is 15.0. The van der Waals surface area contributed by atoms with Gasteiger partial charge in [0, 0.05) is 19.0 Å². The molecule has 1 N–H and O–H groups in total. The van der Waals surface area contributed by atoms with Gasteiger partial charge in [0.1, 0.15) is 6.33 Å². The molecule has 112 valence electrons. The number of amides is 1. The maximum atomic E-state index is 12.1. The Balaban J connectivity index is 1.98. The molecule has 0 saturated heterocycles. The summed E-state index contributed by atoms with van der Waals surface area (Å²) in [6, 6.07) is 5.99. The molecule has 0 atom stereocenters. The second-order valence-electron chi connectivity index (χ2n) is 4.53. The first-order chi connectivity index (χ1) is 9.85.